The maximum atomic E-state index is 12.7. The van der Waals surface area contributed by atoms with Gasteiger partial charge in [0.2, 0.25) is 0 Å². The normalized spacial score (nSPS) is 27.2. The Morgan fingerprint density at radius 3 is 2.11 bits per heavy atom. The van der Waals surface area contributed by atoms with Gasteiger partial charge in [0.15, 0.2) is 5.78 Å². The lowest BCUT2D eigenvalue weighted by Gasteiger charge is -2.43. The Labute approximate surface area is 165 Å². The quantitative estimate of drug-likeness (QED) is 0.585. The minimum Gasteiger partial charge on any atom is -0.469 e. The molecule has 1 aliphatic rings. The van der Waals surface area contributed by atoms with E-state index in [4.69, 9.17) is 9.47 Å². The van der Waals surface area contributed by atoms with Gasteiger partial charge < -0.3 is 19.5 Å². The molecule has 1 N–H and O–H groups in total. The fourth-order valence-electron chi connectivity index (χ4n) is 4.17. The Morgan fingerprint density at radius 1 is 1.11 bits per heavy atom. The van der Waals surface area contributed by atoms with Crippen LogP contribution < -0.4 is 4.90 Å². The lowest BCUT2D eigenvalue weighted by Crippen LogP contribution is -2.55. The average molecular weight is 391 g/mol. The molecule has 0 aliphatic heterocycles. The predicted molar refractivity (Wildman–Crippen MR) is 104 cm³/mol. The summed E-state index contributed by atoms with van der Waals surface area (Å²) < 4.78 is 9.74. The van der Waals surface area contributed by atoms with E-state index in [2.05, 4.69) is 18.7 Å². The Bertz CT molecular complexity index is 723. The zero-order chi connectivity index (χ0) is 21.1. The van der Waals surface area contributed by atoms with Gasteiger partial charge in [-0.25, -0.2) is 0 Å². The standard InChI is InChI=1S/C21H29NO6/c1-6-22(7-2)14-10-8-13(9-11-14)16-17(19(24)27-4)15(23)12-21(3,26)18(16)20(25)28-5/h8-11,16-18,26H,6-7,12H2,1-5H3/t16-,17-,18+,21+/m1/s1. The first-order valence-corrected chi connectivity index (χ1v) is 9.47. The van der Waals surface area contributed by atoms with Gasteiger partial charge in [0.25, 0.3) is 0 Å². The monoisotopic (exact) mass is 391 g/mol. The Balaban J connectivity index is 2.57. The third-order valence-electron chi connectivity index (χ3n) is 5.58. The number of benzene rings is 1. The van der Waals surface area contributed by atoms with E-state index in [9.17, 15) is 19.5 Å². The molecular formula is C21H29NO6. The molecule has 0 bridgehead atoms. The highest BCUT2D eigenvalue weighted by molar-refractivity contribution is 6.02. The molecule has 7 heteroatoms. The Hall–Kier alpha value is -2.41. The molecule has 1 fully saturated rings. The molecule has 1 saturated carbocycles. The second-order valence-electron chi connectivity index (χ2n) is 7.29. The number of rotatable bonds is 6. The van der Waals surface area contributed by atoms with Crippen molar-refractivity contribution in [2.24, 2.45) is 11.8 Å². The molecule has 0 saturated heterocycles. The Morgan fingerprint density at radius 2 is 1.64 bits per heavy atom. The van der Waals surface area contributed by atoms with Crippen LogP contribution in [0, 0.1) is 11.8 Å². The van der Waals surface area contributed by atoms with E-state index < -0.39 is 41.1 Å². The average Bonchev–Trinajstić information content (AvgIpc) is 2.67. The number of nitrogens with zero attached hydrogens (tertiary/aromatic N) is 1. The van der Waals surface area contributed by atoms with Gasteiger partial charge in [-0.2, -0.15) is 0 Å². The van der Waals surface area contributed by atoms with Crippen molar-refractivity contribution in [1.29, 1.82) is 0 Å². The zero-order valence-corrected chi connectivity index (χ0v) is 17.1. The molecule has 0 heterocycles. The highest BCUT2D eigenvalue weighted by atomic mass is 16.5. The lowest BCUT2D eigenvalue weighted by atomic mass is 9.61. The van der Waals surface area contributed by atoms with Gasteiger partial charge in [-0.3, -0.25) is 14.4 Å². The summed E-state index contributed by atoms with van der Waals surface area (Å²) in [7, 11) is 2.43. The van der Waals surface area contributed by atoms with Crippen LogP contribution in [0.25, 0.3) is 0 Å². The third-order valence-corrected chi connectivity index (χ3v) is 5.58. The summed E-state index contributed by atoms with van der Waals surface area (Å²) in [6.07, 6.45) is -0.319. The minimum atomic E-state index is -1.63. The second-order valence-corrected chi connectivity index (χ2v) is 7.29. The summed E-state index contributed by atoms with van der Waals surface area (Å²) in [6.45, 7) is 7.20. The first-order valence-electron chi connectivity index (χ1n) is 9.47. The molecule has 0 aromatic heterocycles. The summed E-state index contributed by atoms with van der Waals surface area (Å²) >= 11 is 0. The van der Waals surface area contributed by atoms with E-state index in [1.165, 1.54) is 21.1 Å². The number of hydrogen-bond donors (Lipinski definition) is 1. The summed E-state index contributed by atoms with van der Waals surface area (Å²) in [6, 6.07) is 7.36. The van der Waals surface area contributed by atoms with Crippen molar-refractivity contribution in [3.8, 4) is 0 Å². The third kappa shape index (κ3) is 4.04. The van der Waals surface area contributed by atoms with Crippen LogP contribution in [0.4, 0.5) is 5.69 Å². The van der Waals surface area contributed by atoms with Crippen molar-refractivity contribution in [2.75, 3.05) is 32.2 Å². The van der Waals surface area contributed by atoms with E-state index in [1.807, 2.05) is 12.1 Å². The highest BCUT2D eigenvalue weighted by Gasteiger charge is 2.56. The molecule has 154 valence electrons. The SMILES string of the molecule is CCN(CC)c1ccc([C@@H]2[C@H](C(=O)OC)C(=O)C[C@](C)(O)[C@@H]2C(=O)OC)cc1. The Kier molecular flexibility index (Phi) is 6.82. The van der Waals surface area contributed by atoms with Crippen LogP contribution in [0.3, 0.4) is 0 Å². The van der Waals surface area contributed by atoms with Crippen LogP contribution in [0.15, 0.2) is 24.3 Å². The number of carbonyl (C=O) groups is 3. The van der Waals surface area contributed by atoms with Crippen molar-refractivity contribution in [3.63, 3.8) is 0 Å². The molecule has 7 nitrogen and oxygen atoms in total. The van der Waals surface area contributed by atoms with E-state index >= 15 is 0 Å². The van der Waals surface area contributed by atoms with Crippen LogP contribution >= 0.6 is 0 Å². The molecule has 2 rings (SSSR count). The summed E-state index contributed by atoms with van der Waals surface area (Å²) in [5, 5.41) is 10.8. The number of esters is 2. The zero-order valence-electron chi connectivity index (χ0n) is 17.1. The number of aliphatic hydroxyl groups is 1. The molecule has 28 heavy (non-hydrogen) atoms. The van der Waals surface area contributed by atoms with Gasteiger partial charge in [0, 0.05) is 31.1 Å². The summed E-state index contributed by atoms with van der Waals surface area (Å²) in [4.78, 5) is 39.8. The van der Waals surface area contributed by atoms with E-state index in [1.54, 1.807) is 12.1 Å². The minimum absolute atomic E-state index is 0.319. The topological polar surface area (TPSA) is 93.1 Å². The molecule has 0 unspecified atom stereocenters. The van der Waals surface area contributed by atoms with Crippen LogP contribution in [-0.2, 0) is 23.9 Å². The number of hydrogen-bond acceptors (Lipinski definition) is 7. The smallest absolute Gasteiger partial charge is 0.316 e. The number of carbonyl (C=O) groups excluding carboxylic acids is 3. The largest absolute Gasteiger partial charge is 0.469 e. The molecule has 0 amide bonds. The molecule has 1 aliphatic carbocycles. The van der Waals surface area contributed by atoms with Crippen molar-refractivity contribution < 1.29 is 29.0 Å². The molecule has 0 spiro atoms. The summed E-state index contributed by atoms with van der Waals surface area (Å²) in [5.74, 6) is -4.94. The van der Waals surface area contributed by atoms with Crippen molar-refractivity contribution in [2.45, 2.75) is 38.7 Å². The fraction of sp³-hybridized carbons (Fsp3) is 0.571. The van der Waals surface area contributed by atoms with Crippen molar-refractivity contribution >= 4 is 23.4 Å². The van der Waals surface area contributed by atoms with Gasteiger partial charge in [-0.1, -0.05) is 12.1 Å². The number of methoxy groups -OCH3 is 2. The number of anilines is 1. The number of ether oxygens (including phenoxy) is 2. The maximum Gasteiger partial charge on any atom is 0.316 e. The van der Waals surface area contributed by atoms with E-state index in [0.717, 1.165) is 18.8 Å². The van der Waals surface area contributed by atoms with Gasteiger partial charge >= 0.3 is 11.9 Å². The second kappa shape index (κ2) is 8.73. The predicted octanol–water partition coefficient (Wildman–Crippen LogP) is 1.92. The van der Waals surface area contributed by atoms with Crippen LogP contribution in [0.5, 0.6) is 0 Å². The first-order chi connectivity index (χ1) is 13.2. The van der Waals surface area contributed by atoms with Crippen molar-refractivity contribution in [1.82, 2.24) is 0 Å². The van der Waals surface area contributed by atoms with Gasteiger partial charge in [-0.15, -0.1) is 0 Å². The highest BCUT2D eigenvalue weighted by Crippen LogP contribution is 2.46. The maximum absolute atomic E-state index is 12.7. The molecule has 1 aromatic rings. The van der Waals surface area contributed by atoms with Crippen LogP contribution in [-0.4, -0.2) is 55.7 Å². The van der Waals surface area contributed by atoms with Crippen LogP contribution in [0.2, 0.25) is 0 Å². The van der Waals surface area contributed by atoms with Crippen LogP contribution in [0.1, 0.15) is 38.7 Å². The lowest BCUT2D eigenvalue weighted by molar-refractivity contribution is -0.170. The van der Waals surface area contributed by atoms with Gasteiger partial charge in [0.05, 0.1) is 25.7 Å². The first kappa shape index (κ1) is 21.9. The number of Topliss-reactive ketones (excluding diaryl/α,β-unsaturated/α-hetero) is 1. The number of ketones is 1. The summed E-state index contributed by atoms with van der Waals surface area (Å²) in [5.41, 5.74) is -0.0291. The molecule has 4 atom stereocenters. The van der Waals surface area contributed by atoms with Gasteiger partial charge in [-0.05, 0) is 38.5 Å². The molecular weight excluding hydrogens is 362 g/mol. The molecule has 1 aromatic carbocycles. The molecule has 0 radical (unpaired) electrons. The van der Waals surface area contributed by atoms with Crippen molar-refractivity contribution in [3.05, 3.63) is 29.8 Å². The van der Waals surface area contributed by atoms with E-state index in [0.29, 0.717) is 5.56 Å². The van der Waals surface area contributed by atoms with E-state index in [-0.39, 0.29) is 6.42 Å². The van der Waals surface area contributed by atoms with Gasteiger partial charge in [0.1, 0.15) is 5.92 Å². The fourth-order valence-corrected chi connectivity index (χ4v) is 4.17.